The summed E-state index contributed by atoms with van der Waals surface area (Å²) >= 11 is 5.97. The molecule has 0 aliphatic rings. The van der Waals surface area contributed by atoms with Crippen LogP contribution in [0.3, 0.4) is 0 Å². The summed E-state index contributed by atoms with van der Waals surface area (Å²) in [6.07, 6.45) is 2.51. The summed E-state index contributed by atoms with van der Waals surface area (Å²) in [4.78, 5) is 14.5. The zero-order valence-electron chi connectivity index (χ0n) is 12.1. The highest BCUT2D eigenvalue weighted by molar-refractivity contribution is 6.31. The van der Waals surface area contributed by atoms with Crippen molar-refractivity contribution in [3.63, 3.8) is 0 Å². The molecule has 0 bridgehead atoms. The third-order valence-electron chi connectivity index (χ3n) is 3.33. The molecule has 5 heteroatoms. The zero-order chi connectivity index (χ0) is 15.2. The van der Waals surface area contributed by atoms with E-state index < -0.39 is 0 Å². The van der Waals surface area contributed by atoms with Gasteiger partial charge >= 0.3 is 0 Å². The molecular weight excluding hydrogens is 286 g/mol. The van der Waals surface area contributed by atoms with E-state index in [9.17, 15) is 4.79 Å². The molecule has 0 aliphatic heterocycles. The number of carbonyl (C=O) groups is 1. The lowest BCUT2D eigenvalue weighted by Gasteiger charge is -2.23. The number of nitrogens with two attached hydrogens (primary N) is 1. The van der Waals surface area contributed by atoms with Crippen LogP contribution in [-0.4, -0.2) is 28.5 Å². The summed E-state index contributed by atoms with van der Waals surface area (Å²) in [5.74, 6) is -0.0262. The van der Waals surface area contributed by atoms with Gasteiger partial charge in [0, 0.05) is 26.3 Å². The van der Waals surface area contributed by atoms with Gasteiger partial charge in [-0.15, -0.1) is 0 Å². The van der Waals surface area contributed by atoms with E-state index in [-0.39, 0.29) is 5.91 Å². The van der Waals surface area contributed by atoms with Crippen molar-refractivity contribution in [2.45, 2.75) is 13.0 Å². The van der Waals surface area contributed by atoms with Crippen molar-refractivity contribution in [3.05, 3.63) is 58.9 Å². The van der Waals surface area contributed by atoms with Crippen molar-refractivity contribution < 1.29 is 4.79 Å². The zero-order valence-corrected chi connectivity index (χ0v) is 12.9. The Labute approximate surface area is 130 Å². The number of hydrogen-bond donors (Lipinski definition) is 1. The van der Waals surface area contributed by atoms with Gasteiger partial charge in [-0.25, -0.2) is 0 Å². The van der Waals surface area contributed by atoms with E-state index in [1.165, 1.54) is 0 Å². The van der Waals surface area contributed by atoms with Gasteiger partial charge < -0.3 is 15.2 Å². The summed E-state index contributed by atoms with van der Waals surface area (Å²) < 4.78 is 1.76. The van der Waals surface area contributed by atoms with Gasteiger partial charge in [0.2, 0.25) is 0 Å². The predicted octanol–water partition coefficient (Wildman–Crippen LogP) is 2.67. The first kappa shape index (κ1) is 15.6. The smallest absolute Gasteiger partial charge is 0.270 e. The molecule has 0 spiro atoms. The highest BCUT2D eigenvalue weighted by atomic mass is 35.5. The Morgan fingerprint density at radius 2 is 2.05 bits per heavy atom. The van der Waals surface area contributed by atoms with Crippen molar-refractivity contribution in [3.8, 4) is 0 Å². The summed E-state index contributed by atoms with van der Waals surface area (Å²) in [5.41, 5.74) is 7.27. The van der Waals surface area contributed by atoms with E-state index in [4.69, 9.17) is 17.3 Å². The molecule has 0 radical (unpaired) electrons. The lowest BCUT2D eigenvalue weighted by molar-refractivity contribution is 0.0732. The quantitative estimate of drug-likeness (QED) is 0.892. The minimum Gasteiger partial charge on any atom is -0.345 e. The van der Waals surface area contributed by atoms with Gasteiger partial charge in [-0.05, 0) is 24.6 Å². The molecule has 112 valence electrons. The van der Waals surface area contributed by atoms with Gasteiger partial charge in [0.25, 0.3) is 5.91 Å². The Hall–Kier alpha value is -1.78. The van der Waals surface area contributed by atoms with Gasteiger partial charge in [-0.3, -0.25) is 4.79 Å². The summed E-state index contributed by atoms with van der Waals surface area (Å²) in [5, 5.41) is 0.569. The maximum absolute atomic E-state index is 12.7. The van der Waals surface area contributed by atoms with Crippen molar-refractivity contribution >= 4 is 17.5 Å². The average Bonchev–Trinajstić information content (AvgIpc) is 2.82. The molecule has 4 nitrogen and oxygen atoms in total. The first-order valence-electron chi connectivity index (χ1n) is 6.97. The molecule has 21 heavy (non-hydrogen) atoms. The van der Waals surface area contributed by atoms with Crippen LogP contribution >= 0.6 is 11.6 Å². The van der Waals surface area contributed by atoms with Gasteiger partial charge in [0.05, 0.1) is 5.02 Å². The monoisotopic (exact) mass is 305 g/mol. The third kappa shape index (κ3) is 4.09. The lowest BCUT2D eigenvalue weighted by atomic mass is 10.2. The van der Waals surface area contributed by atoms with Crippen LogP contribution in [0, 0.1) is 0 Å². The van der Waals surface area contributed by atoms with Crippen molar-refractivity contribution in [2.24, 2.45) is 12.8 Å². The van der Waals surface area contributed by atoms with Crippen molar-refractivity contribution in [2.75, 3.05) is 13.1 Å². The number of halogens is 1. The van der Waals surface area contributed by atoms with Crippen LogP contribution in [0.5, 0.6) is 0 Å². The number of aryl methyl sites for hydroxylation is 1. The molecule has 2 rings (SSSR count). The topological polar surface area (TPSA) is 51.3 Å². The summed E-state index contributed by atoms with van der Waals surface area (Å²) in [6, 6.07) is 11.6. The maximum atomic E-state index is 12.7. The second-order valence-electron chi connectivity index (χ2n) is 5.01. The number of rotatable bonds is 6. The normalized spacial score (nSPS) is 10.6. The molecule has 0 atom stereocenters. The van der Waals surface area contributed by atoms with Crippen LogP contribution in [0.4, 0.5) is 0 Å². The lowest BCUT2D eigenvalue weighted by Crippen LogP contribution is -2.33. The van der Waals surface area contributed by atoms with E-state index in [1.54, 1.807) is 16.8 Å². The Bertz CT molecular complexity index is 595. The average molecular weight is 306 g/mol. The molecule has 1 aromatic heterocycles. The van der Waals surface area contributed by atoms with Gasteiger partial charge in [-0.2, -0.15) is 0 Å². The molecule has 1 aromatic carbocycles. The number of hydrogen-bond acceptors (Lipinski definition) is 2. The van der Waals surface area contributed by atoms with E-state index in [0.717, 1.165) is 12.0 Å². The number of amides is 1. The second-order valence-corrected chi connectivity index (χ2v) is 5.45. The second kappa shape index (κ2) is 7.29. The first-order valence-corrected chi connectivity index (χ1v) is 7.34. The van der Waals surface area contributed by atoms with E-state index in [2.05, 4.69) is 0 Å². The fourth-order valence-corrected chi connectivity index (χ4v) is 2.49. The van der Waals surface area contributed by atoms with Gasteiger partial charge in [0.1, 0.15) is 5.69 Å². The number of aromatic nitrogens is 1. The van der Waals surface area contributed by atoms with E-state index in [1.807, 2.05) is 42.3 Å². The van der Waals surface area contributed by atoms with Crippen molar-refractivity contribution in [1.29, 1.82) is 0 Å². The van der Waals surface area contributed by atoms with Gasteiger partial charge in [0.15, 0.2) is 0 Å². The minimum atomic E-state index is -0.0262. The standard InChI is InChI=1S/C16H20ClN3O/c1-19-12-14(17)10-15(19)16(21)20(9-5-8-18)11-13-6-3-2-4-7-13/h2-4,6-7,10,12H,5,8-9,11,18H2,1H3. The SMILES string of the molecule is Cn1cc(Cl)cc1C(=O)N(CCCN)Cc1ccccc1. The Balaban J connectivity index is 2.19. The Morgan fingerprint density at radius 3 is 2.62 bits per heavy atom. The highest BCUT2D eigenvalue weighted by Gasteiger charge is 2.19. The van der Waals surface area contributed by atoms with E-state index >= 15 is 0 Å². The Kier molecular flexibility index (Phi) is 5.42. The highest BCUT2D eigenvalue weighted by Crippen LogP contribution is 2.16. The Morgan fingerprint density at radius 1 is 1.33 bits per heavy atom. The van der Waals surface area contributed by atoms with Crippen LogP contribution in [0.1, 0.15) is 22.5 Å². The molecule has 0 fully saturated rings. The van der Waals surface area contributed by atoms with Crippen molar-refractivity contribution in [1.82, 2.24) is 9.47 Å². The first-order chi connectivity index (χ1) is 10.1. The molecule has 0 aliphatic carbocycles. The summed E-state index contributed by atoms with van der Waals surface area (Å²) in [7, 11) is 1.82. The maximum Gasteiger partial charge on any atom is 0.270 e. The number of benzene rings is 1. The number of carbonyl (C=O) groups excluding carboxylic acids is 1. The minimum absolute atomic E-state index is 0.0262. The van der Waals surface area contributed by atoms with Crippen LogP contribution in [0.15, 0.2) is 42.6 Å². The molecule has 2 N–H and O–H groups in total. The molecule has 0 saturated carbocycles. The number of nitrogens with zero attached hydrogens (tertiary/aromatic N) is 2. The van der Waals surface area contributed by atoms with E-state index in [0.29, 0.717) is 30.4 Å². The molecular formula is C16H20ClN3O. The van der Waals surface area contributed by atoms with Crippen LogP contribution in [0.2, 0.25) is 5.02 Å². The molecule has 1 amide bonds. The molecule has 1 heterocycles. The third-order valence-corrected chi connectivity index (χ3v) is 3.53. The van der Waals surface area contributed by atoms with Crippen LogP contribution in [-0.2, 0) is 13.6 Å². The van der Waals surface area contributed by atoms with Crippen LogP contribution in [0.25, 0.3) is 0 Å². The molecule has 0 unspecified atom stereocenters. The fourth-order valence-electron chi connectivity index (χ4n) is 2.24. The molecule has 0 saturated heterocycles. The van der Waals surface area contributed by atoms with Gasteiger partial charge in [-0.1, -0.05) is 41.9 Å². The summed E-state index contributed by atoms with van der Waals surface area (Å²) in [6.45, 7) is 1.77. The largest absolute Gasteiger partial charge is 0.345 e. The fraction of sp³-hybridized carbons (Fsp3) is 0.312. The van der Waals surface area contributed by atoms with Crippen LogP contribution < -0.4 is 5.73 Å². The molecule has 2 aromatic rings. The predicted molar refractivity (Wildman–Crippen MR) is 85.3 cm³/mol.